The van der Waals surface area contributed by atoms with Crippen LogP contribution >= 0.6 is 0 Å². The first-order valence-corrected chi connectivity index (χ1v) is 10.0. The number of methoxy groups -OCH3 is 1. The Morgan fingerprint density at radius 3 is 2.79 bits per heavy atom. The van der Waals surface area contributed by atoms with E-state index in [0.29, 0.717) is 18.9 Å². The SMILES string of the molecule is COc1ccnc(C(=O)NC(CC2CCCCC2)C(=O)OC2CCNC2)c1O. The molecule has 1 amide bonds. The van der Waals surface area contributed by atoms with Crippen LogP contribution in [-0.2, 0) is 9.53 Å². The third-order valence-electron chi connectivity index (χ3n) is 5.50. The molecule has 2 unspecified atom stereocenters. The molecule has 1 saturated carbocycles. The fraction of sp³-hybridized carbons (Fsp3) is 0.650. The van der Waals surface area contributed by atoms with Crippen molar-refractivity contribution in [3.8, 4) is 11.5 Å². The number of rotatable bonds is 7. The summed E-state index contributed by atoms with van der Waals surface area (Å²) in [6, 6.07) is 0.705. The maximum Gasteiger partial charge on any atom is 0.328 e. The average Bonchev–Trinajstić information content (AvgIpc) is 3.21. The van der Waals surface area contributed by atoms with Crippen LogP contribution < -0.4 is 15.4 Å². The van der Waals surface area contributed by atoms with Gasteiger partial charge in [-0.1, -0.05) is 32.1 Å². The summed E-state index contributed by atoms with van der Waals surface area (Å²) in [7, 11) is 1.40. The van der Waals surface area contributed by atoms with Crippen molar-refractivity contribution in [2.45, 2.75) is 57.1 Å². The Labute approximate surface area is 165 Å². The van der Waals surface area contributed by atoms with Gasteiger partial charge in [0, 0.05) is 18.8 Å². The van der Waals surface area contributed by atoms with E-state index in [9.17, 15) is 14.7 Å². The van der Waals surface area contributed by atoms with Crippen molar-refractivity contribution in [3.63, 3.8) is 0 Å². The van der Waals surface area contributed by atoms with E-state index in [1.807, 2.05) is 0 Å². The highest BCUT2D eigenvalue weighted by molar-refractivity contribution is 5.97. The van der Waals surface area contributed by atoms with Gasteiger partial charge in [0.25, 0.3) is 5.91 Å². The number of aromatic hydroxyl groups is 1. The Kier molecular flexibility index (Phi) is 7.08. The average molecular weight is 391 g/mol. The minimum absolute atomic E-state index is 0.156. The summed E-state index contributed by atoms with van der Waals surface area (Å²) in [4.78, 5) is 29.4. The molecule has 0 spiro atoms. The number of nitrogens with zero attached hydrogens (tertiary/aromatic N) is 1. The van der Waals surface area contributed by atoms with Crippen LogP contribution in [0.2, 0.25) is 0 Å². The maximum atomic E-state index is 12.8. The predicted octanol–water partition coefficient (Wildman–Crippen LogP) is 1.77. The predicted molar refractivity (Wildman–Crippen MR) is 102 cm³/mol. The van der Waals surface area contributed by atoms with E-state index in [-0.39, 0.29) is 23.3 Å². The molecule has 0 radical (unpaired) electrons. The molecule has 28 heavy (non-hydrogen) atoms. The Morgan fingerprint density at radius 2 is 2.11 bits per heavy atom. The fourth-order valence-corrected chi connectivity index (χ4v) is 3.94. The molecule has 2 aliphatic rings. The number of hydrogen-bond donors (Lipinski definition) is 3. The van der Waals surface area contributed by atoms with Gasteiger partial charge < -0.3 is 25.2 Å². The summed E-state index contributed by atoms with van der Waals surface area (Å²) in [6.07, 6.45) is 8.13. The van der Waals surface area contributed by atoms with Gasteiger partial charge in [0.15, 0.2) is 17.2 Å². The molecule has 1 aliphatic carbocycles. The van der Waals surface area contributed by atoms with Gasteiger partial charge in [-0.05, 0) is 25.3 Å². The molecule has 2 fully saturated rings. The molecule has 0 bridgehead atoms. The summed E-state index contributed by atoms with van der Waals surface area (Å²) >= 11 is 0. The first-order valence-electron chi connectivity index (χ1n) is 10.0. The zero-order valence-corrected chi connectivity index (χ0v) is 16.3. The molecule has 1 aromatic heterocycles. The van der Waals surface area contributed by atoms with E-state index in [0.717, 1.165) is 38.6 Å². The summed E-state index contributed by atoms with van der Waals surface area (Å²) in [5.74, 6) is -0.843. The third kappa shape index (κ3) is 5.13. The van der Waals surface area contributed by atoms with Gasteiger partial charge in [-0.15, -0.1) is 0 Å². The number of hydrogen-bond acceptors (Lipinski definition) is 7. The lowest BCUT2D eigenvalue weighted by molar-refractivity contribution is -0.151. The highest BCUT2D eigenvalue weighted by Gasteiger charge is 2.31. The molecule has 3 N–H and O–H groups in total. The molecule has 154 valence electrons. The second kappa shape index (κ2) is 9.73. The number of esters is 1. The van der Waals surface area contributed by atoms with E-state index < -0.39 is 17.9 Å². The van der Waals surface area contributed by atoms with Crippen LogP contribution in [0.15, 0.2) is 12.3 Å². The van der Waals surface area contributed by atoms with Crippen LogP contribution in [-0.4, -0.2) is 54.3 Å². The van der Waals surface area contributed by atoms with E-state index in [1.54, 1.807) is 0 Å². The van der Waals surface area contributed by atoms with Crippen molar-refractivity contribution in [2.75, 3.05) is 20.2 Å². The molecule has 0 aromatic carbocycles. The van der Waals surface area contributed by atoms with E-state index in [1.165, 1.54) is 25.8 Å². The molecule has 8 heteroatoms. The van der Waals surface area contributed by atoms with Crippen LogP contribution in [0.1, 0.15) is 55.4 Å². The molecule has 8 nitrogen and oxygen atoms in total. The number of nitrogens with one attached hydrogen (secondary N) is 2. The van der Waals surface area contributed by atoms with Crippen molar-refractivity contribution in [2.24, 2.45) is 5.92 Å². The third-order valence-corrected chi connectivity index (χ3v) is 5.50. The standard InChI is InChI=1S/C20H29N3O5/c1-27-16-8-10-22-17(18(16)24)19(25)23-15(11-13-5-3-2-4-6-13)20(26)28-14-7-9-21-12-14/h8,10,13-15,21,24H,2-7,9,11-12H2,1H3,(H,23,25). The highest BCUT2D eigenvalue weighted by Crippen LogP contribution is 2.29. The number of amides is 1. The van der Waals surface area contributed by atoms with Crippen LogP contribution in [0.3, 0.4) is 0 Å². The first-order chi connectivity index (χ1) is 13.6. The molecule has 3 rings (SSSR count). The van der Waals surface area contributed by atoms with Gasteiger partial charge in [-0.25, -0.2) is 9.78 Å². The lowest BCUT2D eigenvalue weighted by atomic mass is 9.84. The van der Waals surface area contributed by atoms with Crippen molar-refractivity contribution in [1.82, 2.24) is 15.6 Å². The van der Waals surface area contributed by atoms with E-state index in [4.69, 9.17) is 9.47 Å². The maximum absolute atomic E-state index is 12.8. The topological polar surface area (TPSA) is 110 Å². The minimum atomic E-state index is -0.761. The molecule has 2 atom stereocenters. The molecular weight excluding hydrogens is 362 g/mol. The second-order valence-corrected chi connectivity index (χ2v) is 7.53. The number of carbonyl (C=O) groups excluding carboxylic acids is 2. The number of carbonyl (C=O) groups is 2. The van der Waals surface area contributed by atoms with E-state index >= 15 is 0 Å². The normalized spacial score (nSPS) is 21.1. The Balaban J connectivity index is 1.71. The lowest BCUT2D eigenvalue weighted by Crippen LogP contribution is -2.44. The second-order valence-electron chi connectivity index (χ2n) is 7.53. The zero-order valence-electron chi connectivity index (χ0n) is 16.3. The molecular formula is C20H29N3O5. The van der Waals surface area contributed by atoms with Crippen LogP contribution in [0, 0.1) is 5.92 Å². The first kappa shape index (κ1) is 20.4. The van der Waals surface area contributed by atoms with Gasteiger partial charge in [0.1, 0.15) is 12.1 Å². The number of pyridine rings is 1. The van der Waals surface area contributed by atoms with Gasteiger partial charge in [-0.2, -0.15) is 0 Å². The summed E-state index contributed by atoms with van der Waals surface area (Å²) in [5, 5.41) is 16.1. The molecule has 2 heterocycles. The van der Waals surface area contributed by atoms with E-state index in [2.05, 4.69) is 15.6 Å². The molecule has 1 aliphatic heterocycles. The minimum Gasteiger partial charge on any atom is -0.503 e. The lowest BCUT2D eigenvalue weighted by Gasteiger charge is -2.27. The van der Waals surface area contributed by atoms with Crippen LogP contribution in [0.5, 0.6) is 11.5 Å². The smallest absolute Gasteiger partial charge is 0.328 e. The largest absolute Gasteiger partial charge is 0.503 e. The summed E-state index contributed by atoms with van der Waals surface area (Å²) in [6.45, 7) is 1.45. The van der Waals surface area contributed by atoms with Crippen molar-refractivity contribution in [3.05, 3.63) is 18.0 Å². The summed E-state index contributed by atoms with van der Waals surface area (Å²) in [5.41, 5.74) is -0.164. The van der Waals surface area contributed by atoms with Crippen molar-refractivity contribution in [1.29, 1.82) is 0 Å². The van der Waals surface area contributed by atoms with Gasteiger partial charge in [-0.3, -0.25) is 4.79 Å². The quantitative estimate of drug-likeness (QED) is 0.608. The molecule has 1 aromatic rings. The van der Waals surface area contributed by atoms with Gasteiger partial charge in [0.2, 0.25) is 0 Å². The Bertz CT molecular complexity index is 684. The summed E-state index contributed by atoms with van der Waals surface area (Å²) < 4.78 is 10.6. The van der Waals surface area contributed by atoms with Gasteiger partial charge >= 0.3 is 5.97 Å². The number of aromatic nitrogens is 1. The molecule has 1 saturated heterocycles. The fourth-order valence-electron chi connectivity index (χ4n) is 3.94. The Hall–Kier alpha value is -2.35. The van der Waals surface area contributed by atoms with Crippen molar-refractivity contribution >= 4 is 11.9 Å². The van der Waals surface area contributed by atoms with Crippen molar-refractivity contribution < 1.29 is 24.2 Å². The van der Waals surface area contributed by atoms with Crippen LogP contribution in [0.25, 0.3) is 0 Å². The Morgan fingerprint density at radius 1 is 1.32 bits per heavy atom. The van der Waals surface area contributed by atoms with Crippen LogP contribution in [0.4, 0.5) is 0 Å². The zero-order chi connectivity index (χ0) is 19.9. The van der Waals surface area contributed by atoms with Gasteiger partial charge in [0.05, 0.1) is 7.11 Å². The highest BCUT2D eigenvalue weighted by atomic mass is 16.5. The number of ether oxygens (including phenoxy) is 2. The monoisotopic (exact) mass is 391 g/mol.